The van der Waals surface area contributed by atoms with Crippen molar-refractivity contribution in [3.8, 4) is 10.6 Å². The number of fused-ring (bicyclic) bond motifs is 3. The minimum atomic E-state index is -3.77. The van der Waals surface area contributed by atoms with E-state index in [1.165, 1.54) is 26.9 Å². The normalized spacial score (nSPS) is 17.2. The van der Waals surface area contributed by atoms with Gasteiger partial charge in [-0.15, -0.1) is 22.7 Å². The number of hydrogen-bond acceptors (Lipinski definition) is 7. The monoisotopic (exact) mass is 642 g/mol. The summed E-state index contributed by atoms with van der Waals surface area (Å²) in [6.45, 7) is 9.19. The summed E-state index contributed by atoms with van der Waals surface area (Å²) in [5.74, 6) is -0.289. The van der Waals surface area contributed by atoms with Crippen LogP contribution in [0, 0.1) is 0 Å². The molecule has 3 aromatic carbocycles. The van der Waals surface area contributed by atoms with E-state index in [1.807, 2.05) is 42.5 Å². The minimum Gasteiger partial charge on any atom is -0.313 e. The molecule has 5 aromatic rings. The maximum Gasteiger partial charge on any atom is 0.264 e. The molecule has 0 aliphatic carbocycles. The van der Waals surface area contributed by atoms with Crippen LogP contribution in [0.1, 0.15) is 60.5 Å². The first-order valence-corrected chi connectivity index (χ1v) is 17.8. The summed E-state index contributed by atoms with van der Waals surface area (Å²) in [4.78, 5) is 20.0. The van der Waals surface area contributed by atoms with Gasteiger partial charge in [-0.05, 0) is 101 Å². The number of carbonyl (C=O) groups is 1. The average Bonchev–Trinajstić information content (AvgIpc) is 3.57. The highest BCUT2D eigenvalue weighted by atomic mass is 32.2. The van der Waals surface area contributed by atoms with Crippen LogP contribution in [0.15, 0.2) is 77.7 Å². The fraction of sp³-hybridized carbons (Fsp3) is 0.294. The Kier molecular flexibility index (Phi) is 6.97. The SMILES string of the molecule is CC1(C)Cc2c(sc(NC(=O)c3ccc(S(=O)(=O)N4CCCc5ccccc54)cc3)c2-c2nc3ccccc3s2)C(C)(C)N1. The number of carbonyl (C=O) groups excluding carboxylic acids is 1. The van der Waals surface area contributed by atoms with Crippen molar-refractivity contribution in [1.82, 2.24) is 10.3 Å². The van der Waals surface area contributed by atoms with Crippen molar-refractivity contribution in [2.75, 3.05) is 16.2 Å². The average molecular weight is 643 g/mol. The first-order valence-electron chi connectivity index (χ1n) is 14.8. The topological polar surface area (TPSA) is 91.4 Å². The zero-order valence-corrected chi connectivity index (χ0v) is 27.6. The Morgan fingerprint density at radius 2 is 1.68 bits per heavy atom. The van der Waals surface area contributed by atoms with E-state index in [2.05, 4.69) is 44.4 Å². The molecule has 0 unspecified atom stereocenters. The Balaban J connectivity index is 1.23. The lowest BCUT2D eigenvalue weighted by Gasteiger charge is -2.42. The van der Waals surface area contributed by atoms with Gasteiger partial charge in [-0.25, -0.2) is 13.4 Å². The number of thiophene rings is 1. The van der Waals surface area contributed by atoms with Crippen molar-refractivity contribution in [1.29, 1.82) is 0 Å². The van der Waals surface area contributed by atoms with E-state index < -0.39 is 10.0 Å². The smallest absolute Gasteiger partial charge is 0.264 e. The molecule has 2 aliphatic rings. The lowest BCUT2D eigenvalue weighted by Crippen LogP contribution is -2.54. The largest absolute Gasteiger partial charge is 0.313 e. The van der Waals surface area contributed by atoms with Crippen LogP contribution in [0.2, 0.25) is 0 Å². The maximum atomic E-state index is 13.7. The number of amides is 1. The van der Waals surface area contributed by atoms with E-state index in [-0.39, 0.29) is 21.9 Å². The van der Waals surface area contributed by atoms with E-state index in [1.54, 1.807) is 34.8 Å². The van der Waals surface area contributed by atoms with Crippen molar-refractivity contribution in [2.24, 2.45) is 0 Å². The van der Waals surface area contributed by atoms with Gasteiger partial charge in [-0.3, -0.25) is 9.10 Å². The van der Waals surface area contributed by atoms with Crippen LogP contribution in [0.3, 0.4) is 0 Å². The van der Waals surface area contributed by atoms with Gasteiger partial charge in [0, 0.05) is 33.6 Å². The molecule has 0 atom stereocenters. The third kappa shape index (κ3) is 5.03. The van der Waals surface area contributed by atoms with E-state index in [0.717, 1.165) is 56.3 Å². The fourth-order valence-electron chi connectivity index (χ4n) is 6.65. The predicted molar refractivity (Wildman–Crippen MR) is 181 cm³/mol. The second kappa shape index (κ2) is 10.5. The van der Waals surface area contributed by atoms with Crippen LogP contribution in [-0.2, 0) is 28.4 Å². The molecule has 44 heavy (non-hydrogen) atoms. The van der Waals surface area contributed by atoms with Crippen LogP contribution < -0.4 is 14.9 Å². The van der Waals surface area contributed by atoms with Crippen molar-refractivity contribution < 1.29 is 13.2 Å². The predicted octanol–water partition coefficient (Wildman–Crippen LogP) is 7.58. The lowest BCUT2D eigenvalue weighted by atomic mass is 9.81. The second-order valence-corrected chi connectivity index (χ2v) is 16.6. The Morgan fingerprint density at radius 1 is 0.955 bits per heavy atom. The zero-order chi connectivity index (χ0) is 30.9. The summed E-state index contributed by atoms with van der Waals surface area (Å²) >= 11 is 3.22. The molecule has 0 saturated carbocycles. The number of hydrogen-bond donors (Lipinski definition) is 2. The fourth-order valence-corrected chi connectivity index (χ4v) is 10.6. The molecule has 7 rings (SSSR count). The van der Waals surface area contributed by atoms with Crippen molar-refractivity contribution in [3.63, 3.8) is 0 Å². The molecule has 2 aromatic heterocycles. The Bertz CT molecular complexity index is 1990. The molecule has 2 aliphatic heterocycles. The molecule has 1 amide bonds. The Morgan fingerprint density at radius 3 is 2.45 bits per heavy atom. The molecule has 0 spiro atoms. The van der Waals surface area contributed by atoms with Crippen molar-refractivity contribution in [3.05, 3.63) is 94.4 Å². The van der Waals surface area contributed by atoms with E-state index >= 15 is 0 Å². The number of nitrogens with one attached hydrogen (secondary N) is 2. The molecule has 4 heterocycles. The highest BCUT2D eigenvalue weighted by Crippen LogP contribution is 2.50. The van der Waals surface area contributed by atoms with Gasteiger partial charge in [-0.2, -0.15) is 0 Å². The first kappa shape index (κ1) is 29.2. The molecule has 226 valence electrons. The summed E-state index contributed by atoms with van der Waals surface area (Å²) in [6, 6.07) is 22.0. The van der Waals surface area contributed by atoms with Gasteiger partial charge in [0.25, 0.3) is 15.9 Å². The number of anilines is 2. The summed E-state index contributed by atoms with van der Waals surface area (Å²) < 4.78 is 29.9. The molecule has 0 bridgehead atoms. The molecule has 2 N–H and O–H groups in total. The molecule has 0 saturated heterocycles. The Labute approximate surface area is 266 Å². The van der Waals surface area contributed by atoms with E-state index in [4.69, 9.17) is 4.98 Å². The standard InChI is InChI=1S/C34H34N4O3S3/c1-33(2)20-24-28(31-35-25-12-6-8-14-27(25)42-31)32(43-29(24)34(3,4)37-33)36-30(39)22-15-17-23(18-16-22)44(40,41)38-19-9-11-21-10-5-7-13-26(21)38/h5-8,10,12-18,37H,9,11,19-20H2,1-4H3,(H,36,39). The number of para-hydroxylation sites is 2. The lowest BCUT2D eigenvalue weighted by molar-refractivity contribution is 0.102. The number of aryl methyl sites for hydroxylation is 1. The van der Waals surface area contributed by atoms with Gasteiger partial charge in [0.1, 0.15) is 10.0 Å². The van der Waals surface area contributed by atoms with Crippen LogP contribution in [0.5, 0.6) is 0 Å². The van der Waals surface area contributed by atoms with Crippen LogP contribution >= 0.6 is 22.7 Å². The molecule has 7 nitrogen and oxygen atoms in total. The van der Waals surface area contributed by atoms with Gasteiger partial charge >= 0.3 is 0 Å². The summed E-state index contributed by atoms with van der Waals surface area (Å²) in [5, 5.41) is 8.59. The van der Waals surface area contributed by atoms with E-state index in [0.29, 0.717) is 12.1 Å². The maximum absolute atomic E-state index is 13.7. The molecular formula is C34H34N4O3S3. The number of thiazole rings is 1. The first-order chi connectivity index (χ1) is 20.9. The molecule has 10 heteroatoms. The van der Waals surface area contributed by atoms with Gasteiger partial charge in [0.2, 0.25) is 0 Å². The van der Waals surface area contributed by atoms with Crippen molar-refractivity contribution in [2.45, 2.75) is 62.9 Å². The van der Waals surface area contributed by atoms with E-state index in [9.17, 15) is 13.2 Å². The number of rotatable bonds is 5. The molecule has 0 fully saturated rings. The Hall–Kier alpha value is -3.57. The number of sulfonamides is 1. The van der Waals surface area contributed by atoms with Gasteiger partial charge in [0.15, 0.2) is 0 Å². The number of aromatic nitrogens is 1. The van der Waals surface area contributed by atoms with Crippen LogP contribution in [-0.4, -0.2) is 31.4 Å². The third-order valence-corrected chi connectivity index (χ3v) is 12.7. The summed E-state index contributed by atoms with van der Waals surface area (Å²) in [7, 11) is -3.77. The van der Waals surface area contributed by atoms with Crippen LogP contribution in [0.4, 0.5) is 10.7 Å². The van der Waals surface area contributed by atoms with Gasteiger partial charge in [0.05, 0.1) is 20.8 Å². The zero-order valence-electron chi connectivity index (χ0n) is 25.1. The van der Waals surface area contributed by atoms with Crippen molar-refractivity contribution >= 4 is 59.5 Å². The quantitative estimate of drug-likeness (QED) is 0.206. The van der Waals surface area contributed by atoms with Gasteiger partial charge < -0.3 is 10.6 Å². The third-order valence-electron chi connectivity index (χ3n) is 8.35. The number of benzene rings is 3. The highest BCUT2D eigenvalue weighted by Gasteiger charge is 2.41. The molecule has 0 radical (unpaired) electrons. The molecular weight excluding hydrogens is 609 g/mol. The highest BCUT2D eigenvalue weighted by molar-refractivity contribution is 7.92. The summed E-state index contributed by atoms with van der Waals surface area (Å²) in [6.07, 6.45) is 2.43. The summed E-state index contributed by atoms with van der Waals surface area (Å²) in [5.41, 5.74) is 4.84. The van der Waals surface area contributed by atoms with Gasteiger partial charge in [-0.1, -0.05) is 30.3 Å². The number of nitrogens with zero attached hydrogens (tertiary/aromatic N) is 2. The minimum absolute atomic E-state index is 0.138. The second-order valence-electron chi connectivity index (χ2n) is 12.7. The van der Waals surface area contributed by atoms with Crippen LogP contribution in [0.25, 0.3) is 20.8 Å².